The van der Waals surface area contributed by atoms with Crippen LogP contribution in [0, 0.1) is 17.8 Å². The molecule has 0 aromatic rings. The van der Waals surface area contributed by atoms with Crippen molar-refractivity contribution in [1.29, 1.82) is 0 Å². The van der Waals surface area contributed by atoms with E-state index in [0.717, 1.165) is 11.8 Å². The summed E-state index contributed by atoms with van der Waals surface area (Å²) < 4.78 is 0. The summed E-state index contributed by atoms with van der Waals surface area (Å²) in [5.74, 6) is 2.32. The lowest BCUT2D eigenvalue weighted by Crippen LogP contribution is -2.05. The summed E-state index contributed by atoms with van der Waals surface area (Å²) >= 11 is 0. The molecule has 60 valence electrons. The smallest absolute Gasteiger partial charge is 0.0459 e. The third-order valence-electron chi connectivity index (χ3n) is 2.78. The van der Waals surface area contributed by atoms with Crippen molar-refractivity contribution in [2.24, 2.45) is 17.8 Å². The molecule has 1 aliphatic carbocycles. The average molecular weight is 142 g/mol. The molecule has 1 nitrogen and oxygen atoms in total. The minimum atomic E-state index is 0.406. The van der Waals surface area contributed by atoms with Crippen LogP contribution < -0.4 is 0 Å². The van der Waals surface area contributed by atoms with Crippen LogP contribution >= 0.6 is 0 Å². The predicted molar refractivity (Wildman–Crippen MR) is 42.8 cm³/mol. The van der Waals surface area contributed by atoms with Crippen molar-refractivity contribution >= 4 is 0 Å². The first kappa shape index (κ1) is 8.06. The highest BCUT2D eigenvalue weighted by molar-refractivity contribution is 4.76. The van der Waals surface area contributed by atoms with Gasteiger partial charge in [0.2, 0.25) is 0 Å². The Hall–Kier alpha value is -0.0400. The highest BCUT2D eigenvalue weighted by Gasteiger charge is 2.25. The van der Waals surface area contributed by atoms with Gasteiger partial charge in [-0.3, -0.25) is 0 Å². The van der Waals surface area contributed by atoms with Gasteiger partial charge in [-0.2, -0.15) is 0 Å². The topological polar surface area (TPSA) is 20.2 Å². The second-order valence-corrected chi connectivity index (χ2v) is 3.87. The number of aliphatic hydroxyl groups excluding tert-OH is 1. The molecular formula is C9H18O. The molecule has 0 amide bonds. The van der Waals surface area contributed by atoms with Crippen LogP contribution in [0.2, 0.25) is 0 Å². The zero-order valence-corrected chi connectivity index (χ0v) is 7.01. The second-order valence-electron chi connectivity index (χ2n) is 3.87. The third kappa shape index (κ3) is 1.72. The molecule has 0 radical (unpaired) electrons. The first-order valence-corrected chi connectivity index (χ1v) is 4.35. The van der Waals surface area contributed by atoms with E-state index in [-0.39, 0.29) is 0 Å². The summed E-state index contributed by atoms with van der Waals surface area (Å²) in [6.45, 7) is 4.97. The fraction of sp³-hybridized carbons (Fsp3) is 1.00. The minimum absolute atomic E-state index is 0.406. The van der Waals surface area contributed by atoms with E-state index in [9.17, 15) is 0 Å². The van der Waals surface area contributed by atoms with E-state index in [2.05, 4.69) is 13.8 Å². The van der Waals surface area contributed by atoms with Crippen molar-refractivity contribution in [3.05, 3.63) is 0 Å². The van der Waals surface area contributed by atoms with Gasteiger partial charge in [0.1, 0.15) is 0 Å². The second kappa shape index (κ2) is 3.38. The van der Waals surface area contributed by atoms with Gasteiger partial charge in [-0.15, -0.1) is 0 Å². The van der Waals surface area contributed by atoms with E-state index >= 15 is 0 Å². The Bertz CT molecular complexity index is 98.9. The Labute approximate surface area is 63.4 Å². The lowest BCUT2D eigenvalue weighted by atomic mass is 9.93. The maximum Gasteiger partial charge on any atom is 0.0459 e. The Morgan fingerprint density at radius 3 is 2.40 bits per heavy atom. The van der Waals surface area contributed by atoms with Crippen molar-refractivity contribution < 1.29 is 5.11 Å². The molecule has 1 fully saturated rings. The molecule has 1 aliphatic rings. The fourth-order valence-electron chi connectivity index (χ4n) is 1.88. The highest BCUT2D eigenvalue weighted by atomic mass is 16.3. The minimum Gasteiger partial charge on any atom is -0.396 e. The molecule has 0 aromatic heterocycles. The Balaban J connectivity index is 2.28. The van der Waals surface area contributed by atoms with Crippen molar-refractivity contribution in [3.8, 4) is 0 Å². The van der Waals surface area contributed by atoms with Crippen LogP contribution in [0.4, 0.5) is 0 Å². The van der Waals surface area contributed by atoms with Crippen molar-refractivity contribution in [1.82, 2.24) is 0 Å². The normalized spacial score (nSPS) is 33.6. The Kier molecular flexibility index (Phi) is 2.72. The SMILES string of the molecule is CC(C)[C@H]1CCC(CO)C1. The molecule has 1 unspecified atom stereocenters. The molecule has 1 saturated carbocycles. The molecule has 0 spiro atoms. The van der Waals surface area contributed by atoms with Crippen molar-refractivity contribution in [3.63, 3.8) is 0 Å². The van der Waals surface area contributed by atoms with Crippen molar-refractivity contribution in [2.45, 2.75) is 33.1 Å². The van der Waals surface area contributed by atoms with Gasteiger partial charge in [0.05, 0.1) is 0 Å². The van der Waals surface area contributed by atoms with Crippen molar-refractivity contribution in [2.75, 3.05) is 6.61 Å². The molecule has 10 heavy (non-hydrogen) atoms. The molecule has 0 aromatic carbocycles. The van der Waals surface area contributed by atoms with Crippen LogP contribution in [-0.4, -0.2) is 11.7 Å². The largest absolute Gasteiger partial charge is 0.396 e. The van der Waals surface area contributed by atoms with Gasteiger partial charge in [0.15, 0.2) is 0 Å². The molecule has 0 bridgehead atoms. The lowest BCUT2D eigenvalue weighted by Gasteiger charge is -2.13. The average Bonchev–Trinajstić information content (AvgIpc) is 2.34. The number of hydrogen-bond acceptors (Lipinski definition) is 1. The summed E-state index contributed by atoms with van der Waals surface area (Å²) in [6, 6.07) is 0. The van der Waals surface area contributed by atoms with E-state index in [4.69, 9.17) is 5.11 Å². The van der Waals surface area contributed by atoms with Gasteiger partial charge >= 0.3 is 0 Å². The number of aliphatic hydroxyl groups is 1. The summed E-state index contributed by atoms with van der Waals surface area (Å²) in [4.78, 5) is 0. The predicted octanol–water partition coefficient (Wildman–Crippen LogP) is 2.05. The summed E-state index contributed by atoms with van der Waals surface area (Å²) in [6.07, 6.45) is 3.84. The van der Waals surface area contributed by atoms with E-state index in [1.165, 1.54) is 19.3 Å². The van der Waals surface area contributed by atoms with Crippen LogP contribution in [0.25, 0.3) is 0 Å². The van der Waals surface area contributed by atoms with Gasteiger partial charge < -0.3 is 5.11 Å². The van der Waals surface area contributed by atoms with Crippen LogP contribution in [0.1, 0.15) is 33.1 Å². The molecule has 1 rings (SSSR count). The first-order chi connectivity index (χ1) is 4.74. The third-order valence-corrected chi connectivity index (χ3v) is 2.78. The summed E-state index contributed by atoms with van der Waals surface area (Å²) in [5.41, 5.74) is 0. The van der Waals surface area contributed by atoms with Crippen LogP contribution in [0.15, 0.2) is 0 Å². The van der Waals surface area contributed by atoms with E-state index in [1.54, 1.807) is 0 Å². The van der Waals surface area contributed by atoms with Gasteiger partial charge in [0, 0.05) is 6.61 Å². The summed E-state index contributed by atoms with van der Waals surface area (Å²) in [7, 11) is 0. The lowest BCUT2D eigenvalue weighted by molar-refractivity contribution is 0.222. The summed E-state index contributed by atoms with van der Waals surface area (Å²) in [5, 5.41) is 8.87. The molecular weight excluding hydrogens is 124 g/mol. The van der Waals surface area contributed by atoms with Crippen LogP contribution in [0.5, 0.6) is 0 Å². The monoisotopic (exact) mass is 142 g/mol. The van der Waals surface area contributed by atoms with Crippen LogP contribution in [-0.2, 0) is 0 Å². The van der Waals surface area contributed by atoms with E-state index in [1.807, 2.05) is 0 Å². The van der Waals surface area contributed by atoms with Gasteiger partial charge in [-0.05, 0) is 37.0 Å². The maximum atomic E-state index is 8.87. The molecule has 2 atom stereocenters. The molecule has 0 saturated heterocycles. The Morgan fingerprint density at radius 1 is 1.40 bits per heavy atom. The zero-order chi connectivity index (χ0) is 7.56. The molecule has 0 aliphatic heterocycles. The zero-order valence-electron chi connectivity index (χ0n) is 7.01. The number of hydrogen-bond donors (Lipinski definition) is 1. The van der Waals surface area contributed by atoms with Gasteiger partial charge in [-0.1, -0.05) is 13.8 Å². The van der Waals surface area contributed by atoms with E-state index < -0.39 is 0 Å². The van der Waals surface area contributed by atoms with Gasteiger partial charge in [-0.25, -0.2) is 0 Å². The molecule has 1 N–H and O–H groups in total. The maximum absolute atomic E-state index is 8.87. The Morgan fingerprint density at radius 2 is 2.10 bits per heavy atom. The van der Waals surface area contributed by atoms with Crippen LogP contribution in [0.3, 0.4) is 0 Å². The molecule has 0 heterocycles. The quantitative estimate of drug-likeness (QED) is 0.625. The van der Waals surface area contributed by atoms with E-state index in [0.29, 0.717) is 12.5 Å². The number of rotatable bonds is 2. The molecule has 1 heteroatoms. The van der Waals surface area contributed by atoms with Gasteiger partial charge in [0.25, 0.3) is 0 Å². The fourth-order valence-corrected chi connectivity index (χ4v) is 1.88. The highest BCUT2D eigenvalue weighted by Crippen LogP contribution is 2.34. The standard InChI is InChI=1S/C9H18O/c1-7(2)9-4-3-8(5-9)6-10/h7-10H,3-6H2,1-2H3/t8?,9-/m0/s1. The first-order valence-electron chi connectivity index (χ1n) is 4.35.